The molecule has 0 aromatic heterocycles. The number of likely N-dealkylation sites (tertiary alicyclic amines) is 1. The second-order valence-electron chi connectivity index (χ2n) is 5.73. The molecule has 1 N–H and O–H groups in total. The predicted octanol–water partition coefficient (Wildman–Crippen LogP) is -0.0585. The molecule has 1 aliphatic heterocycles. The highest BCUT2D eigenvalue weighted by Crippen LogP contribution is 2.63. The number of fused-ring (bicyclic) bond motifs is 1. The minimum atomic E-state index is -1.06. The predicted molar refractivity (Wildman–Crippen MR) is 64.7 cm³/mol. The van der Waals surface area contributed by atoms with E-state index in [2.05, 4.69) is 0 Å². The Balaban J connectivity index is 1.90. The number of aliphatic hydroxyl groups excluding tert-OH is 1. The van der Waals surface area contributed by atoms with Gasteiger partial charge in [-0.05, 0) is 12.3 Å². The molecule has 2 rings (SSSR count). The van der Waals surface area contributed by atoms with E-state index in [9.17, 15) is 19.5 Å². The minimum absolute atomic E-state index is 0.125. The van der Waals surface area contributed by atoms with E-state index < -0.39 is 12.1 Å². The third kappa shape index (κ3) is 2.25. The number of esters is 1. The zero-order valence-corrected chi connectivity index (χ0v) is 11.4. The molecule has 106 valence electrons. The molecule has 1 aliphatic carbocycles. The number of imide groups is 1. The van der Waals surface area contributed by atoms with Crippen molar-refractivity contribution in [3.63, 3.8) is 0 Å². The van der Waals surface area contributed by atoms with Crippen molar-refractivity contribution in [3.8, 4) is 0 Å². The number of hydrogen-bond acceptors (Lipinski definition) is 5. The van der Waals surface area contributed by atoms with Gasteiger partial charge in [0.25, 0.3) is 0 Å². The number of β-amino-alcohol motifs (C(OH)–C–C–N with tert-alkyl or cyclic N) is 1. The van der Waals surface area contributed by atoms with Crippen molar-refractivity contribution in [3.05, 3.63) is 0 Å². The SMILES string of the molecule is CCOC(=O)CC(O)CN1C(=O)C2C(C1=O)C2(C)C. The van der Waals surface area contributed by atoms with Crippen LogP contribution >= 0.6 is 0 Å². The smallest absolute Gasteiger partial charge is 0.308 e. The molecule has 0 bridgehead atoms. The van der Waals surface area contributed by atoms with Crippen LogP contribution in [0.15, 0.2) is 0 Å². The van der Waals surface area contributed by atoms with Crippen LogP contribution in [-0.4, -0.2) is 47.0 Å². The van der Waals surface area contributed by atoms with Crippen molar-refractivity contribution in [2.45, 2.75) is 33.3 Å². The number of amides is 2. The molecule has 6 nitrogen and oxygen atoms in total. The van der Waals surface area contributed by atoms with Crippen molar-refractivity contribution in [1.29, 1.82) is 0 Å². The molecule has 3 atom stereocenters. The van der Waals surface area contributed by atoms with Gasteiger partial charge in [-0.1, -0.05) is 13.8 Å². The van der Waals surface area contributed by atoms with Gasteiger partial charge in [0.05, 0.1) is 37.5 Å². The number of aliphatic hydroxyl groups is 1. The Labute approximate surface area is 111 Å². The molecule has 0 aromatic carbocycles. The second-order valence-corrected chi connectivity index (χ2v) is 5.73. The maximum Gasteiger partial charge on any atom is 0.308 e. The summed E-state index contributed by atoms with van der Waals surface area (Å²) in [6, 6.07) is 0. The van der Waals surface area contributed by atoms with E-state index in [4.69, 9.17) is 4.74 Å². The molecule has 2 fully saturated rings. The molecule has 1 heterocycles. The third-order valence-electron chi connectivity index (χ3n) is 3.99. The number of carbonyl (C=O) groups excluding carboxylic acids is 3. The summed E-state index contributed by atoms with van der Waals surface area (Å²) in [5, 5.41) is 9.73. The van der Waals surface area contributed by atoms with Crippen molar-refractivity contribution in [2.24, 2.45) is 17.3 Å². The minimum Gasteiger partial charge on any atom is -0.466 e. The number of carbonyl (C=O) groups is 3. The molecule has 0 radical (unpaired) electrons. The lowest BCUT2D eigenvalue weighted by atomic mass is 10.1. The quantitative estimate of drug-likeness (QED) is 0.558. The highest BCUT2D eigenvalue weighted by Gasteiger charge is 2.72. The molecule has 0 aromatic rings. The molecule has 1 saturated carbocycles. The summed E-state index contributed by atoms with van der Waals surface area (Å²) in [6.45, 7) is 5.58. The number of rotatable bonds is 5. The largest absolute Gasteiger partial charge is 0.466 e. The highest BCUT2D eigenvalue weighted by atomic mass is 16.5. The summed E-state index contributed by atoms with van der Waals surface area (Å²) in [5.74, 6) is -1.50. The van der Waals surface area contributed by atoms with E-state index in [-0.39, 0.29) is 48.6 Å². The standard InChI is InChI=1S/C13H19NO5/c1-4-19-8(16)5-7(15)6-14-11(17)9-10(12(14)18)13(9,2)3/h7,9-10,15H,4-6H2,1-3H3. The fourth-order valence-corrected chi connectivity index (χ4v) is 2.87. The molecule has 1 saturated heterocycles. The van der Waals surface area contributed by atoms with E-state index >= 15 is 0 Å². The summed E-state index contributed by atoms with van der Waals surface area (Å²) in [5.41, 5.74) is -0.253. The maximum absolute atomic E-state index is 12.0. The number of ether oxygens (including phenoxy) is 1. The molecule has 19 heavy (non-hydrogen) atoms. The van der Waals surface area contributed by atoms with Gasteiger partial charge in [0.1, 0.15) is 0 Å². The zero-order chi connectivity index (χ0) is 14.4. The van der Waals surface area contributed by atoms with Crippen LogP contribution in [0.25, 0.3) is 0 Å². The lowest BCUT2D eigenvalue weighted by Gasteiger charge is -2.22. The molecular formula is C13H19NO5. The normalized spacial score (nSPS) is 29.2. The number of hydrogen-bond donors (Lipinski definition) is 1. The molecule has 0 spiro atoms. The average molecular weight is 269 g/mol. The molecule has 6 heteroatoms. The first kappa shape index (κ1) is 14.0. The average Bonchev–Trinajstić information content (AvgIpc) is 2.77. The van der Waals surface area contributed by atoms with Crippen molar-refractivity contribution in [2.75, 3.05) is 13.2 Å². The van der Waals surface area contributed by atoms with Crippen LogP contribution in [0.5, 0.6) is 0 Å². The summed E-state index contributed by atoms with van der Waals surface area (Å²) in [4.78, 5) is 36.3. The van der Waals surface area contributed by atoms with E-state index in [1.165, 1.54) is 0 Å². The molecule has 2 amide bonds. The van der Waals surface area contributed by atoms with Gasteiger partial charge in [-0.2, -0.15) is 0 Å². The van der Waals surface area contributed by atoms with Gasteiger partial charge in [-0.15, -0.1) is 0 Å². The summed E-state index contributed by atoms with van der Waals surface area (Å²) in [6.07, 6.45) is -1.27. The van der Waals surface area contributed by atoms with E-state index in [0.29, 0.717) is 0 Å². The van der Waals surface area contributed by atoms with Crippen LogP contribution in [-0.2, 0) is 19.1 Å². The second kappa shape index (κ2) is 4.59. The lowest BCUT2D eigenvalue weighted by molar-refractivity contribution is -0.150. The Morgan fingerprint density at radius 3 is 2.37 bits per heavy atom. The van der Waals surface area contributed by atoms with E-state index in [1.54, 1.807) is 6.92 Å². The fourth-order valence-electron chi connectivity index (χ4n) is 2.87. The van der Waals surface area contributed by atoms with Crippen molar-refractivity contribution in [1.82, 2.24) is 4.90 Å². The molecule has 3 unspecified atom stereocenters. The van der Waals surface area contributed by atoms with Crippen molar-refractivity contribution < 1.29 is 24.2 Å². The van der Waals surface area contributed by atoms with Gasteiger partial charge < -0.3 is 9.84 Å². The van der Waals surface area contributed by atoms with E-state index in [0.717, 1.165) is 4.90 Å². The van der Waals surface area contributed by atoms with Crippen LogP contribution in [0.3, 0.4) is 0 Å². The van der Waals surface area contributed by atoms with Gasteiger partial charge in [0.2, 0.25) is 11.8 Å². The number of piperidine rings is 1. The van der Waals surface area contributed by atoms with Crippen LogP contribution < -0.4 is 0 Å². The Morgan fingerprint density at radius 1 is 1.37 bits per heavy atom. The van der Waals surface area contributed by atoms with Crippen molar-refractivity contribution >= 4 is 17.8 Å². The molecular weight excluding hydrogens is 250 g/mol. The van der Waals surface area contributed by atoms with Crippen LogP contribution in [0, 0.1) is 17.3 Å². The van der Waals surface area contributed by atoms with Gasteiger partial charge in [0.15, 0.2) is 0 Å². The highest BCUT2D eigenvalue weighted by molar-refractivity contribution is 6.10. The summed E-state index contributed by atoms with van der Waals surface area (Å²) in [7, 11) is 0. The Bertz CT molecular complexity index is 407. The van der Waals surface area contributed by atoms with Gasteiger partial charge in [-0.3, -0.25) is 19.3 Å². The van der Waals surface area contributed by atoms with Gasteiger partial charge in [0, 0.05) is 0 Å². The fraction of sp³-hybridized carbons (Fsp3) is 0.769. The monoisotopic (exact) mass is 269 g/mol. The molecule has 2 aliphatic rings. The van der Waals surface area contributed by atoms with E-state index in [1.807, 2.05) is 13.8 Å². The number of nitrogens with zero attached hydrogens (tertiary/aromatic N) is 1. The maximum atomic E-state index is 12.0. The topological polar surface area (TPSA) is 83.9 Å². The van der Waals surface area contributed by atoms with Gasteiger partial charge >= 0.3 is 5.97 Å². The summed E-state index contributed by atoms with van der Waals surface area (Å²) < 4.78 is 4.71. The Hall–Kier alpha value is -1.43. The first-order valence-electron chi connectivity index (χ1n) is 6.49. The summed E-state index contributed by atoms with van der Waals surface area (Å²) >= 11 is 0. The van der Waals surface area contributed by atoms with Crippen LogP contribution in [0.2, 0.25) is 0 Å². The van der Waals surface area contributed by atoms with Gasteiger partial charge in [-0.25, -0.2) is 0 Å². The Morgan fingerprint density at radius 2 is 1.89 bits per heavy atom. The third-order valence-corrected chi connectivity index (χ3v) is 3.99. The zero-order valence-electron chi connectivity index (χ0n) is 11.4. The van der Waals surface area contributed by atoms with Crippen LogP contribution in [0.1, 0.15) is 27.2 Å². The first-order chi connectivity index (χ1) is 8.80. The first-order valence-corrected chi connectivity index (χ1v) is 6.49. The Kier molecular flexibility index (Phi) is 3.38. The lowest BCUT2D eigenvalue weighted by Crippen LogP contribution is -2.41. The van der Waals surface area contributed by atoms with Crippen LogP contribution in [0.4, 0.5) is 0 Å².